The molecule has 32 heavy (non-hydrogen) atoms. The number of aromatic nitrogens is 2. The lowest BCUT2D eigenvalue weighted by Gasteiger charge is -2.08. The van der Waals surface area contributed by atoms with E-state index in [-0.39, 0.29) is 23.9 Å². The van der Waals surface area contributed by atoms with Gasteiger partial charge in [0, 0.05) is 18.2 Å². The van der Waals surface area contributed by atoms with Crippen LogP contribution in [0.4, 0.5) is 15.9 Å². The van der Waals surface area contributed by atoms with Crippen molar-refractivity contribution in [3.05, 3.63) is 99.9 Å². The Morgan fingerprint density at radius 1 is 1.16 bits per heavy atom. The molecule has 1 amide bonds. The number of ether oxygens (including phenoxy) is 1. The smallest absolute Gasteiger partial charge is 0.292 e. The second-order valence-corrected chi connectivity index (χ2v) is 6.82. The van der Waals surface area contributed by atoms with Crippen LogP contribution in [0.3, 0.4) is 0 Å². The molecule has 0 atom stereocenters. The van der Waals surface area contributed by atoms with Gasteiger partial charge in [-0.3, -0.25) is 14.9 Å². The van der Waals surface area contributed by atoms with E-state index in [2.05, 4.69) is 10.4 Å². The molecule has 0 aliphatic carbocycles. The van der Waals surface area contributed by atoms with Gasteiger partial charge in [0.05, 0.1) is 16.3 Å². The lowest BCUT2D eigenvalue weighted by molar-refractivity contribution is -0.384. The Bertz CT molecular complexity index is 1260. The molecule has 0 saturated heterocycles. The van der Waals surface area contributed by atoms with Crippen LogP contribution in [0.15, 0.2) is 71.1 Å². The molecule has 0 radical (unpaired) electrons. The van der Waals surface area contributed by atoms with E-state index in [4.69, 9.17) is 9.15 Å². The number of amides is 1. The molecule has 9 nitrogen and oxygen atoms in total. The van der Waals surface area contributed by atoms with Crippen molar-refractivity contribution >= 4 is 17.4 Å². The third-order valence-corrected chi connectivity index (χ3v) is 4.46. The summed E-state index contributed by atoms with van der Waals surface area (Å²) in [6.45, 7) is 1.83. The molecule has 162 valence electrons. The molecule has 0 bridgehead atoms. The van der Waals surface area contributed by atoms with Gasteiger partial charge in [-0.15, -0.1) is 0 Å². The summed E-state index contributed by atoms with van der Waals surface area (Å²) in [7, 11) is 0. The number of furan rings is 1. The maximum atomic E-state index is 13.0. The normalized spacial score (nSPS) is 10.7. The molecule has 4 aromatic rings. The Labute approximate surface area is 181 Å². The number of nitro groups is 1. The van der Waals surface area contributed by atoms with Gasteiger partial charge in [0.25, 0.3) is 11.6 Å². The molecule has 1 N–H and O–H groups in total. The van der Waals surface area contributed by atoms with Crippen molar-refractivity contribution in [1.29, 1.82) is 0 Å². The molecule has 2 aromatic carbocycles. The van der Waals surface area contributed by atoms with Crippen LogP contribution >= 0.6 is 0 Å². The summed E-state index contributed by atoms with van der Waals surface area (Å²) < 4.78 is 25.5. The van der Waals surface area contributed by atoms with Crippen molar-refractivity contribution in [3.63, 3.8) is 0 Å². The summed E-state index contributed by atoms with van der Waals surface area (Å²) in [6, 6.07) is 16.1. The van der Waals surface area contributed by atoms with E-state index in [0.717, 1.165) is 0 Å². The zero-order chi connectivity index (χ0) is 22.7. The number of anilines is 1. The number of rotatable bonds is 7. The zero-order valence-electron chi connectivity index (χ0n) is 16.8. The third-order valence-electron chi connectivity index (χ3n) is 4.46. The first kappa shape index (κ1) is 20.8. The van der Waals surface area contributed by atoms with Crippen LogP contribution in [-0.4, -0.2) is 20.6 Å². The number of aryl methyl sites for hydroxylation is 1. The maximum absolute atomic E-state index is 13.0. The van der Waals surface area contributed by atoms with E-state index in [1.165, 1.54) is 59.3 Å². The third kappa shape index (κ3) is 4.64. The summed E-state index contributed by atoms with van der Waals surface area (Å²) in [6.07, 6.45) is 0. The zero-order valence-corrected chi connectivity index (χ0v) is 16.8. The monoisotopic (exact) mass is 436 g/mol. The fourth-order valence-corrected chi connectivity index (χ4v) is 2.94. The van der Waals surface area contributed by atoms with Crippen LogP contribution in [0.1, 0.15) is 22.0 Å². The van der Waals surface area contributed by atoms with Gasteiger partial charge in [-0.25, -0.2) is 9.07 Å². The Kier molecular flexibility index (Phi) is 5.67. The van der Waals surface area contributed by atoms with Crippen molar-refractivity contribution in [2.24, 2.45) is 0 Å². The summed E-state index contributed by atoms with van der Waals surface area (Å²) in [4.78, 5) is 23.0. The van der Waals surface area contributed by atoms with E-state index < -0.39 is 10.8 Å². The molecule has 4 rings (SSSR count). The standard InChI is InChI=1S/C22H17FN4O5/c1-14-12-21(26(25-14)16-4-6-17(7-5-16)27(29)30)24-22(28)20-11-10-19(32-20)13-31-18-8-2-15(23)3-9-18/h2-12H,13H2,1H3,(H,24,28). The van der Waals surface area contributed by atoms with Crippen molar-refractivity contribution in [2.75, 3.05) is 5.32 Å². The molecule has 0 unspecified atom stereocenters. The second kappa shape index (κ2) is 8.72. The fourth-order valence-electron chi connectivity index (χ4n) is 2.94. The number of hydrogen-bond acceptors (Lipinski definition) is 6. The number of carbonyl (C=O) groups excluding carboxylic acids is 1. The number of nitrogens with zero attached hydrogens (tertiary/aromatic N) is 3. The first-order valence-electron chi connectivity index (χ1n) is 9.49. The number of halogens is 1. The molecule has 0 spiro atoms. The first-order chi connectivity index (χ1) is 15.4. The minimum atomic E-state index is -0.499. The van der Waals surface area contributed by atoms with Gasteiger partial charge in [0.2, 0.25) is 0 Å². The molecular weight excluding hydrogens is 419 g/mol. The topological polar surface area (TPSA) is 112 Å². The SMILES string of the molecule is Cc1cc(NC(=O)c2ccc(COc3ccc(F)cc3)o2)n(-c2ccc([N+](=O)[O-])cc2)n1. The Morgan fingerprint density at radius 3 is 2.56 bits per heavy atom. The maximum Gasteiger partial charge on any atom is 0.292 e. The van der Waals surface area contributed by atoms with Gasteiger partial charge in [-0.05, 0) is 55.5 Å². The average Bonchev–Trinajstić information content (AvgIpc) is 3.40. The van der Waals surface area contributed by atoms with Crippen LogP contribution in [0.25, 0.3) is 5.69 Å². The molecule has 10 heteroatoms. The van der Waals surface area contributed by atoms with E-state index in [1.807, 2.05) is 0 Å². The molecule has 2 heterocycles. The van der Waals surface area contributed by atoms with Gasteiger partial charge < -0.3 is 14.5 Å². The quantitative estimate of drug-likeness (QED) is 0.333. The lowest BCUT2D eigenvalue weighted by atomic mass is 10.3. The minimum Gasteiger partial charge on any atom is -0.486 e. The largest absolute Gasteiger partial charge is 0.486 e. The molecule has 0 fully saturated rings. The number of non-ortho nitro benzene ring substituents is 1. The van der Waals surface area contributed by atoms with Crippen molar-refractivity contribution in [3.8, 4) is 11.4 Å². The van der Waals surface area contributed by atoms with Gasteiger partial charge in [0.1, 0.15) is 29.8 Å². The molecule has 0 aliphatic rings. The van der Waals surface area contributed by atoms with Crippen LogP contribution in [0, 0.1) is 22.9 Å². The number of carbonyl (C=O) groups is 1. The molecule has 0 saturated carbocycles. The molecular formula is C22H17FN4O5. The van der Waals surface area contributed by atoms with Crippen LogP contribution < -0.4 is 10.1 Å². The lowest BCUT2D eigenvalue weighted by Crippen LogP contribution is -2.14. The van der Waals surface area contributed by atoms with Gasteiger partial charge in [-0.1, -0.05) is 0 Å². The highest BCUT2D eigenvalue weighted by Crippen LogP contribution is 2.21. The Balaban J connectivity index is 1.45. The highest BCUT2D eigenvalue weighted by atomic mass is 19.1. The van der Waals surface area contributed by atoms with Crippen LogP contribution in [-0.2, 0) is 6.61 Å². The van der Waals surface area contributed by atoms with Gasteiger partial charge in [-0.2, -0.15) is 5.10 Å². The summed E-state index contributed by atoms with van der Waals surface area (Å²) in [5.74, 6) is 0.466. The highest BCUT2D eigenvalue weighted by Gasteiger charge is 2.16. The predicted molar refractivity (Wildman–Crippen MR) is 112 cm³/mol. The van der Waals surface area contributed by atoms with E-state index in [1.54, 1.807) is 19.1 Å². The average molecular weight is 436 g/mol. The summed E-state index contributed by atoms with van der Waals surface area (Å²) in [5, 5.41) is 17.9. The number of hydrogen-bond donors (Lipinski definition) is 1. The number of nitro benzene ring substituents is 1. The van der Waals surface area contributed by atoms with Crippen molar-refractivity contribution in [1.82, 2.24) is 9.78 Å². The highest BCUT2D eigenvalue weighted by molar-refractivity contribution is 6.02. The minimum absolute atomic E-state index is 0.0471. The fraction of sp³-hybridized carbons (Fsp3) is 0.0909. The van der Waals surface area contributed by atoms with Crippen LogP contribution in [0.2, 0.25) is 0 Å². The van der Waals surface area contributed by atoms with E-state index >= 15 is 0 Å². The van der Waals surface area contributed by atoms with Crippen molar-refractivity contribution < 1.29 is 23.3 Å². The molecule has 2 aromatic heterocycles. The summed E-state index contributed by atoms with van der Waals surface area (Å²) in [5.41, 5.74) is 1.15. The Hall–Kier alpha value is -4.47. The predicted octanol–water partition coefficient (Wildman–Crippen LogP) is 4.65. The van der Waals surface area contributed by atoms with Gasteiger partial charge >= 0.3 is 0 Å². The molecule has 0 aliphatic heterocycles. The van der Waals surface area contributed by atoms with Crippen LogP contribution in [0.5, 0.6) is 5.75 Å². The van der Waals surface area contributed by atoms with E-state index in [9.17, 15) is 19.3 Å². The second-order valence-electron chi connectivity index (χ2n) is 6.82. The first-order valence-corrected chi connectivity index (χ1v) is 9.49. The van der Waals surface area contributed by atoms with E-state index in [0.29, 0.717) is 28.7 Å². The summed E-state index contributed by atoms with van der Waals surface area (Å²) >= 11 is 0. The van der Waals surface area contributed by atoms with Gasteiger partial charge in [0.15, 0.2) is 5.76 Å². The Morgan fingerprint density at radius 2 is 1.88 bits per heavy atom. The number of nitrogens with one attached hydrogen (secondary N) is 1. The number of benzene rings is 2. The van der Waals surface area contributed by atoms with Crippen molar-refractivity contribution in [2.45, 2.75) is 13.5 Å².